The Bertz CT molecular complexity index is 66.1. The Kier molecular flexibility index (Phi) is 4.67. The summed E-state index contributed by atoms with van der Waals surface area (Å²) < 4.78 is 0. The van der Waals surface area contributed by atoms with E-state index < -0.39 is 0 Å². The molecule has 9 heavy (non-hydrogen) atoms. The average Bonchev–Trinajstić information content (AvgIpc) is 1.82. The molecule has 0 saturated carbocycles. The maximum absolute atomic E-state index is 8.87. The largest absolute Gasteiger partial charge is 0.289 e. The third-order valence-electron chi connectivity index (χ3n) is 0.869. The SMILES string of the molecule is CCCON(O)C(C)C. The van der Waals surface area contributed by atoms with Crippen molar-refractivity contribution in [3.8, 4) is 0 Å². The normalized spacial score (nSPS) is 11.3. The predicted octanol–water partition coefficient (Wildman–Crippen LogP) is 1.43. The van der Waals surface area contributed by atoms with Crippen molar-refractivity contribution < 1.29 is 10.0 Å². The van der Waals surface area contributed by atoms with E-state index in [4.69, 9.17) is 10.0 Å². The van der Waals surface area contributed by atoms with Crippen molar-refractivity contribution >= 4 is 0 Å². The monoisotopic (exact) mass is 133 g/mol. The lowest BCUT2D eigenvalue weighted by atomic mass is 10.4. The molecule has 0 radical (unpaired) electrons. The van der Waals surface area contributed by atoms with Crippen LogP contribution in [0.2, 0.25) is 0 Å². The maximum Gasteiger partial charge on any atom is 0.0709 e. The van der Waals surface area contributed by atoms with Crippen LogP contribution in [0.1, 0.15) is 27.2 Å². The molecular weight excluding hydrogens is 118 g/mol. The van der Waals surface area contributed by atoms with Crippen molar-refractivity contribution in [1.82, 2.24) is 5.23 Å². The number of hydrogen-bond acceptors (Lipinski definition) is 3. The van der Waals surface area contributed by atoms with Crippen LogP contribution in [0.5, 0.6) is 0 Å². The molecule has 0 spiro atoms. The van der Waals surface area contributed by atoms with E-state index in [9.17, 15) is 0 Å². The second kappa shape index (κ2) is 4.73. The molecule has 0 rings (SSSR count). The number of rotatable bonds is 4. The second-order valence-electron chi connectivity index (χ2n) is 2.23. The second-order valence-corrected chi connectivity index (χ2v) is 2.23. The molecule has 0 saturated heterocycles. The van der Waals surface area contributed by atoms with Crippen LogP contribution in [0.25, 0.3) is 0 Å². The highest BCUT2D eigenvalue weighted by atomic mass is 16.9. The molecule has 0 bridgehead atoms. The topological polar surface area (TPSA) is 32.7 Å². The number of hydroxylamine groups is 2. The van der Waals surface area contributed by atoms with E-state index >= 15 is 0 Å². The van der Waals surface area contributed by atoms with Crippen molar-refractivity contribution in [2.75, 3.05) is 6.61 Å². The number of nitrogens with zero attached hydrogens (tertiary/aromatic N) is 1. The molecule has 1 N–H and O–H groups in total. The van der Waals surface area contributed by atoms with Gasteiger partial charge in [-0.2, -0.15) is 0 Å². The first kappa shape index (κ1) is 8.88. The van der Waals surface area contributed by atoms with E-state index in [1.165, 1.54) is 0 Å². The summed E-state index contributed by atoms with van der Waals surface area (Å²) in [6, 6.07) is 0.0385. The zero-order valence-electron chi connectivity index (χ0n) is 6.29. The Morgan fingerprint density at radius 2 is 2.11 bits per heavy atom. The van der Waals surface area contributed by atoms with E-state index in [0.717, 1.165) is 11.6 Å². The molecule has 0 aliphatic heterocycles. The lowest BCUT2D eigenvalue weighted by Crippen LogP contribution is -2.27. The summed E-state index contributed by atoms with van der Waals surface area (Å²) in [6.45, 7) is 6.29. The molecule has 0 atom stereocenters. The van der Waals surface area contributed by atoms with Crippen LogP contribution in [-0.2, 0) is 4.84 Å². The van der Waals surface area contributed by atoms with E-state index in [1.54, 1.807) is 0 Å². The molecule has 0 unspecified atom stereocenters. The first-order valence-corrected chi connectivity index (χ1v) is 3.29. The predicted molar refractivity (Wildman–Crippen MR) is 35.0 cm³/mol. The van der Waals surface area contributed by atoms with Gasteiger partial charge in [0.1, 0.15) is 0 Å². The molecule has 3 nitrogen and oxygen atoms in total. The fourth-order valence-corrected chi connectivity index (χ4v) is 0.334. The number of hydrogen-bond donors (Lipinski definition) is 1. The third kappa shape index (κ3) is 4.39. The van der Waals surface area contributed by atoms with E-state index in [2.05, 4.69) is 0 Å². The fraction of sp³-hybridized carbons (Fsp3) is 1.00. The van der Waals surface area contributed by atoms with Gasteiger partial charge in [0.05, 0.1) is 12.6 Å². The van der Waals surface area contributed by atoms with Gasteiger partial charge in [-0.3, -0.25) is 10.0 Å². The molecule has 0 aliphatic carbocycles. The molecule has 0 amide bonds. The van der Waals surface area contributed by atoms with Crippen LogP contribution < -0.4 is 0 Å². The minimum atomic E-state index is 0.0385. The van der Waals surface area contributed by atoms with E-state index in [-0.39, 0.29) is 6.04 Å². The lowest BCUT2D eigenvalue weighted by Gasteiger charge is -2.16. The minimum absolute atomic E-state index is 0.0385. The molecule has 0 aromatic heterocycles. The van der Waals surface area contributed by atoms with Gasteiger partial charge >= 0.3 is 0 Å². The van der Waals surface area contributed by atoms with Crippen molar-refractivity contribution in [3.05, 3.63) is 0 Å². The van der Waals surface area contributed by atoms with Crippen molar-refractivity contribution in [2.24, 2.45) is 0 Å². The Hall–Kier alpha value is -0.120. The van der Waals surface area contributed by atoms with Crippen molar-refractivity contribution in [1.29, 1.82) is 0 Å². The van der Waals surface area contributed by atoms with Crippen LogP contribution >= 0.6 is 0 Å². The molecule has 0 fully saturated rings. The van der Waals surface area contributed by atoms with E-state index in [1.807, 2.05) is 20.8 Å². The van der Waals surface area contributed by atoms with Gasteiger partial charge in [0, 0.05) is 0 Å². The van der Waals surface area contributed by atoms with Crippen molar-refractivity contribution in [3.63, 3.8) is 0 Å². The Morgan fingerprint density at radius 1 is 1.56 bits per heavy atom. The standard InChI is InChI=1S/C6H15NO2/c1-4-5-9-7(8)6(2)3/h6,8H,4-5H2,1-3H3. The quantitative estimate of drug-likeness (QED) is 0.589. The summed E-state index contributed by atoms with van der Waals surface area (Å²) >= 11 is 0. The van der Waals surface area contributed by atoms with E-state index in [0.29, 0.717) is 6.61 Å². The third-order valence-corrected chi connectivity index (χ3v) is 0.869. The van der Waals surface area contributed by atoms with Crippen LogP contribution in [0.15, 0.2) is 0 Å². The fourth-order valence-electron chi connectivity index (χ4n) is 0.334. The molecule has 0 aromatic rings. The van der Waals surface area contributed by atoms with Crippen LogP contribution in [0.3, 0.4) is 0 Å². The highest BCUT2D eigenvalue weighted by molar-refractivity contribution is 4.37. The summed E-state index contributed by atoms with van der Waals surface area (Å²) in [5, 5.41) is 9.75. The smallest absolute Gasteiger partial charge is 0.0709 e. The van der Waals surface area contributed by atoms with Gasteiger partial charge in [-0.15, -0.1) is 0 Å². The molecule has 3 heteroatoms. The first-order chi connectivity index (χ1) is 4.18. The molecule has 0 heterocycles. The highest BCUT2D eigenvalue weighted by Crippen LogP contribution is 1.93. The Morgan fingerprint density at radius 3 is 2.44 bits per heavy atom. The summed E-state index contributed by atoms with van der Waals surface area (Å²) in [5.74, 6) is 0. The van der Waals surface area contributed by atoms with Gasteiger partial charge in [0.15, 0.2) is 0 Å². The summed E-state index contributed by atoms with van der Waals surface area (Å²) in [4.78, 5) is 4.84. The minimum Gasteiger partial charge on any atom is -0.289 e. The van der Waals surface area contributed by atoms with Gasteiger partial charge in [0.25, 0.3) is 0 Å². The zero-order chi connectivity index (χ0) is 7.28. The zero-order valence-corrected chi connectivity index (χ0v) is 6.29. The van der Waals surface area contributed by atoms with Crippen LogP contribution in [-0.4, -0.2) is 23.1 Å². The Balaban J connectivity index is 3.16. The molecule has 56 valence electrons. The van der Waals surface area contributed by atoms with Crippen molar-refractivity contribution in [2.45, 2.75) is 33.2 Å². The first-order valence-electron chi connectivity index (χ1n) is 3.29. The highest BCUT2D eigenvalue weighted by Gasteiger charge is 2.03. The Labute approximate surface area is 56.1 Å². The van der Waals surface area contributed by atoms with Gasteiger partial charge in [-0.25, -0.2) is 0 Å². The molecule has 0 aliphatic rings. The molecule has 0 aromatic carbocycles. The van der Waals surface area contributed by atoms with Crippen LogP contribution in [0, 0.1) is 0 Å². The van der Waals surface area contributed by atoms with Gasteiger partial charge in [-0.05, 0) is 20.3 Å². The maximum atomic E-state index is 8.87. The molecular formula is C6H15NO2. The van der Waals surface area contributed by atoms with Gasteiger partial charge < -0.3 is 0 Å². The van der Waals surface area contributed by atoms with Gasteiger partial charge in [-0.1, -0.05) is 12.2 Å². The summed E-state index contributed by atoms with van der Waals surface area (Å²) in [6.07, 6.45) is 0.920. The average molecular weight is 133 g/mol. The summed E-state index contributed by atoms with van der Waals surface area (Å²) in [5.41, 5.74) is 0. The summed E-state index contributed by atoms with van der Waals surface area (Å²) in [7, 11) is 0. The van der Waals surface area contributed by atoms with Crippen LogP contribution in [0.4, 0.5) is 0 Å². The lowest BCUT2D eigenvalue weighted by molar-refractivity contribution is -0.356. The van der Waals surface area contributed by atoms with Gasteiger partial charge in [0.2, 0.25) is 0 Å².